The quantitative estimate of drug-likeness (QED) is 0.339. The Hall–Kier alpha value is -3.76. The van der Waals surface area contributed by atoms with E-state index >= 15 is 0 Å². The Kier molecular flexibility index (Phi) is 5.04. The average molecular weight is 474 g/mol. The van der Waals surface area contributed by atoms with Gasteiger partial charge >= 0.3 is 0 Å². The Bertz CT molecular complexity index is 1440. The number of benzene rings is 2. The Morgan fingerprint density at radius 2 is 2.09 bits per heavy atom. The van der Waals surface area contributed by atoms with Crippen molar-refractivity contribution in [1.82, 2.24) is 25.2 Å². The molecule has 172 valence electrons. The van der Waals surface area contributed by atoms with E-state index in [0.29, 0.717) is 30.5 Å². The van der Waals surface area contributed by atoms with Gasteiger partial charge in [-0.3, -0.25) is 9.79 Å². The smallest absolute Gasteiger partial charge is 0.244 e. The van der Waals surface area contributed by atoms with Gasteiger partial charge < -0.3 is 30.2 Å². The fourth-order valence-corrected chi connectivity index (χ4v) is 5.03. The number of amidine groups is 1. The van der Waals surface area contributed by atoms with Crippen molar-refractivity contribution in [3.8, 4) is 0 Å². The lowest BCUT2D eigenvalue weighted by molar-refractivity contribution is -0.128. The van der Waals surface area contributed by atoms with Crippen LogP contribution in [0.3, 0.4) is 0 Å². The number of imidazole rings is 1. The molecule has 6 rings (SSSR count). The first-order chi connectivity index (χ1) is 16.6. The number of aromatic amines is 2. The number of amides is 1. The number of aliphatic hydroxyl groups is 1. The molecule has 0 saturated carbocycles. The van der Waals surface area contributed by atoms with Gasteiger partial charge in [-0.1, -0.05) is 6.07 Å². The summed E-state index contributed by atoms with van der Waals surface area (Å²) in [7, 11) is 0. The maximum Gasteiger partial charge on any atom is 0.244 e. The van der Waals surface area contributed by atoms with Gasteiger partial charge in [-0.15, -0.1) is 0 Å². The molecule has 10 heteroatoms. The molecule has 2 aliphatic heterocycles. The Labute approximate surface area is 200 Å². The van der Waals surface area contributed by atoms with E-state index in [1.165, 1.54) is 0 Å². The summed E-state index contributed by atoms with van der Waals surface area (Å²) in [6, 6.07) is 13.9. The second-order valence-corrected chi connectivity index (χ2v) is 9.00. The van der Waals surface area contributed by atoms with Crippen LogP contribution in [0.25, 0.3) is 21.9 Å². The third-order valence-corrected chi connectivity index (χ3v) is 6.75. The maximum atomic E-state index is 12.7. The standard InChI is InChI=1S/C24H23N7O2S/c32-17-6-8-30(12-17)21(33)11-26-23-22(15-1-3-18-14(9-15)5-7-25-18)31(24(34)29-23)16-2-4-19-20(10-16)28-13-27-19/h1-5,7,9-10,13,17,22,25,32H,6,8,11-12H2,(H,27,28)(H,26,29,34). The zero-order chi connectivity index (χ0) is 23.2. The molecule has 2 aliphatic rings. The molecular formula is C24H23N7O2S. The fraction of sp³-hybridized carbons (Fsp3) is 0.250. The first-order valence-electron chi connectivity index (χ1n) is 11.2. The molecule has 0 radical (unpaired) electrons. The SMILES string of the molecule is O=C(CN=C1NC(=S)N(c2ccc3nc[nH]c3c2)C1c1ccc2[nH]ccc2c1)N1CCC(O)C1. The predicted molar refractivity (Wildman–Crippen MR) is 135 cm³/mol. The number of anilines is 1. The molecule has 0 spiro atoms. The molecule has 2 aromatic heterocycles. The largest absolute Gasteiger partial charge is 0.391 e. The zero-order valence-electron chi connectivity index (χ0n) is 18.2. The summed E-state index contributed by atoms with van der Waals surface area (Å²) in [5.41, 5.74) is 4.73. The van der Waals surface area contributed by atoms with Crippen molar-refractivity contribution in [2.45, 2.75) is 18.6 Å². The van der Waals surface area contributed by atoms with Crippen molar-refractivity contribution >= 4 is 56.7 Å². The molecule has 2 aromatic carbocycles. The molecule has 2 saturated heterocycles. The number of nitrogens with zero attached hydrogens (tertiary/aromatic N) is 4. The molecule has 4 N–H and O–H groups in total. The van der Waals surface area contributed by atoms with Gasteiger partial charge in [0, 0.05) is 30.5 Å². The van der Waals surface area contributed by atoms with Crippen molar-refractivity contribution in [1.29, 1.82) is 0 Å². The number of likely N-dealkylation sites (tertiary alicyclic amines) is 1. The molecule has 2 unspecified atom stereocenters. The van der Waals surface area contributed by atoms with E-state index in [9.17, 15) is 9.90 Å². The summed E-state index contributed by atoms with van der Waals surface area (Å²) in [5.74, 6) is 0.520. The van der Waals surface area contributed by atoms with Crippen LogP contribution < -0.4 is 10.2 Å². The summed E-state index contributed by atoms with van der Waals surface area (Å²) >= 11 is 5.73. The second kappa shape index (κ2) is 8.23. The van der Waals surface area contributed by atoms with Crippen molar-refractivity contribution in [3.05, 3.63) is 60.6 Å². The van der Waals surface area contributed by atoms with Crippen LogP contribution in [0.15, 0.2) is 60.0 Å². The minimum absolute atomic E-state index is 0.00596. The number of rotatable bonds is 4. The summed E-state index contributed by atoms with van der Waals surface area (Å²) in [6.45, 7) is 0.911. The highest BCUT2D eigenvalue weighted by Gasteiger charge is 2.37. The molecule has 9 nitrogen and oxygen atoms in total. The first-order valence-corrected chi connectivity index (χ1v) is 11.6. The van der Waals surface area contributed by atoms with Gasteiger partial charge in [-0.25, -0.2) is 4.98 Å². The maximum absolute atomic E-state index is 12.7. The van der Waals surface area contributed by atoms with E-state index in [0.717, 1.165) is 33.2 Å². The van der Waals surface area contributed by atoms with Gasteiger partial charge in [0.05, 0.1) is 23.5 Å². The van der Waals surface area contributed by atoms with E-state index in [1.54, 1.807) is 11.2 Å². The summed E-state index contributed by atoms with van der Waals surface area (Å²) < 4.78 is 0. The predicted octanol–water partition coefficient (Wildman–Crippen LogP) is 2.47. The van der Waals surface area contributed by atoms with Crippen LogP contribution in [-0.2, 0) is 4.79 Å². The van der Waals surface area contributed by atoms with Crippen LogP contribution in [0, 0.1) is 0 Å². The first kappa shape index (κ1) is 20.8. The number of fused-ring (bicyclic) bond motifs is 2. The number of carbonyl (C=O) groups is 1. The number of carbonyl (C=O) groups excluding carboxylic acids is 1. The van der Waals surface area contributed by atoms with E-state index in [4.69, 9.17) is 12.2 Å². The molecule has 34 heavy (non-hydrogen) atoms. The summed E-state index contributed by atoms with van der Waals surface area (Å²) in [6.07, 6.45) is 3.73. The lowest BCUT2D eigenvalue weighted by Crippen LogP contribution is -2.32. The molecule has 1 amide bonds. The Morgan fingerprint density at radius 3 is 2.94 bits per heavy atom. The fourth-order valence-electron chi connectivity index (χ4n) is 4.71. The van der Waals surface area contributed by atoms with Crippen LogP contribution in [0.4, 0.5) is 5.69 Å². The third-order valence-electron chi connectivity index (χ3n) is 6.45. The van der Waals surface area contributed by atoms with Crippen molar-refractivity contribution in [2.75, 3.05) is 24.5 Å². The Balaban J connectivity index is 1.39. The number of aliphatic imine (C=N–C) groups is 1. The molecule has 2 fully saturated rings. The van der Waals surface area contributed by atoms with Crippen LogP contribution in [0.5, 0.6) is 0 Å². The monoisotopic (exact) mass is 473 g/mol. The van der Waals surface area contributed by atoms with Crippen LogP contribution >= 0.6 is 12.2 Å². The summed E-state index contributed by atoms with van der Waals surface area (Å²) in [5, 5.41) is 14.6. The van der Waals surface area contributed by atoms with Crippen molar-refractivity contribution in [2.24, 2.45) is 4.99 Å². The minimum Gasteiger partial charge on any atom is -0.391 e. The number of hydrogen-bond acceptors (Lipinski definition) is 5. The highest BCUT2D eigenvalue weighted by atomic mass is 32.1. The number of aliphatic hydroxyl groups excluding tert-OH is 1. The van der Waals surface area contributed by atoms with E-state index in [-0.39, 0.29) is 18.5 Å². The van der Waals surface area contributed by atoms with Crippen molar-refractivity contribution < 1.29 is 9.90 Å². The van der Waals surface area contributed by atoms with Crippen LogP contribution in [0.2, 0.25) is 0 Å². The highest BCUT2D eigenvalue weighted by molar-refractivity contribution is 7.80. The number of aromatic nitrogens is 3. The molecule has 4 heterocycles. The van der Waals surface area contributed by atoms with Gasteiger partial charge in [0.25, 0.3) is 0 Å². The molecule has 2 atom stereocenters. The lowest BCUT2D eigenvalue weighted by Gasteiger charge is -2.25. The minimum atomic E-state index is -0.456. The molecular weight excluding hydrogens is 450 g/mol. The molecule has 0 aliphatic carbocycles. The number of hydrogen-bond donors (Lipinski definition) is 4. The molecule has 4 aromatic rings. The number of thiocarbonyl (C=S) groups is 1. The van der Waals surface area contributed by atoms with Crippen molar-refractivity contribution in [3.63, 3.8) is 0 Å². The number of β-amino-alcohol motifs (C(OH)–C–C–N with tert-alkyl or cyclic N) is 1. The lowest BCUT2D eigenvalue weighted by atomic mass is 10.0. The summed E-state index contributed by atoms with van der Waals surface area (Å²) in [4.78, 5) is 31.7. The number of nitrogens with one attached hydrogen (secondary N) is 3. The van der Waals surface area contributed by atoms with Crippen LogP contribution in [0.1, 0.15) is 18.0 Å². The van der Waals surface area contributed by atoms with Gasteiger partial charge in [0.2, 0.25) is 5.91 Å². The zero-order valence-corrected chi connectivity index (χ0v) is 19.0. The van der Waals surface area contributed by atoms with Gasteiger partial charge in [0.1, 0.15) is 18.4 Å². The highest BCUT2D eigenvalue weighted by Crippen LogP contribution is 2.34. The second-order valence-electron chi connectivity index (χ2n) is 8.61. The van der Waals surface area contributed by atoms with Gasteiger partial charge in [-0.05, 0) is 66.0 Å². The third kappa shape index (κ3) is 3.61. The average Bonchev–Trinajstić information content (AvgIpc) is 3.62. The van der Waals surface area contributed by atoms with Crippen LogP contribution in [-0.4, -0.2) is 67.6 Å². The van der Waals surface area contributed by atoms with E-state index in [1.807, 2.05) is 41.4 Å². The normalized spacial score (nSPS) is 21.8. The number of H-pyrrole nitrogens is 2. The van der Waals surface area contributed by atoms with E-state index < -0.39 is 6.10 Å². The Morgan fingerprint density at radius 1 is 1.18 bits per heavy atom. The topological polar surface area (TPSA) is 113 Å². The van der Waals surface area contributed by atoms with Gasteiger partial charge in [-0.2, -0.15) is 0 Å². The van der Waals surface area contributed by atoms with E-state index in [2.05, 4.69) is 37.4 Å². The van der Waals surface area contributed by atoms with Gasteiger partial charge in [0.15, 0.2) is 5.11 Å². The molecule has 0 bridgehead atoms.